The van der Waals surface area contributed by atoms with E-state index in [-0.39, 0.29) is 0 Å². The van der Waals surface area contributed by atoms with E-state index >= 15 is 0 Å². The van der Waals surface area contributed by atoms with Crippen LogP contribution in [0, 0.1) is 0 Å². The minimum atomic E-state index is -0.622. The van der Waals surface area contributed by atoms with Gasteiger partial charge in [-0.1, -0.05) is 39.7 Å². The molecule has 0 aliphatic rings. The third kappa shape index (κ3) is 3.25. The molecule has 0 saturated carbocycles. The molecule has 0 amide bonds. The molecule has 1 unspecified atom stereocenters. The summed E-state index contributed by atoms with van der Waals surface area (Å²) in [4.78, 5) is 0. The number of anilines is 1. The van der Waals surface area contributed by atoms with Gasteiger partial charge >= 0.3 is 0 Å². The lowest BCUT2D eigenvalue weighted by Gasteiger charge is -2.14. The maximum atomic E-state index is 10.2. The number of halogens is 2. The van der Waals surface area contributed by atoms with Crippen molar-refractivity contribution in [2.24, 2.45) is 0 Å². The second-order valence-corrected chi connectivity index (χ2v) is 5.47. The van der Waals surface area contributed by atoms with Crippen molar-refractivity contribution in [1.29, 1.82) is 0 Å². The Hall–Kier alpha value is -1.03. The largest absolute Gasteiger partial charge is 0.398 e. The lowest BCUT2D eigenvalue weighted by atomic mass is 10.0. The summed E-state index contributed by atoms with van der Waals surface area (Å²) < 4.78 is 0.904. The van der Waals surface area contributed by atoms with Crippen molar-refractivity contribution in [2.45, 2.75) is 12.5 Å². The Labute approximate surface area is 120 Å². The van der Waals surface area contributed by atoms with Crippen LogP contribution in [-0.2, 0) is 6.42 Å². The van der Waals surface area contributed by atoms with Gasteiger partial charge in [-0.05, 0) is 35.9 Å². The number of aliphatic hydroxyl groups is 1. The molecule has 0 spiro atoms. The molecule has 18 heavy (non-hydrogen) atoms. The highest BCUT2D eigenvalue weighted by Gasteiger charge is 2.12. The van der Waals surface area contributed by atoms with Gasteiger partial charge in [0, 0.05) is 27.2 Å². The fourth-order valence-corrected chi connectivity index (χ4v) is 2.29. The molecule has 0 aliphatic carbocycles. The smallest absolute Gasteiger partial charge is 0.0850 e. The predicted molar refractivity (Wildman–Crippen MR) is 78.7 cm³/mol. The van der Waals surface area contributed by atoms with Crippen LogP contribution in [0.5, 0.6) is 0 Å². The Morgan fingerprint density at radius 2 is 1.83 bits per heavy atom. The lowest BCUT2D eigenvalue weighted by molar-refractivity contribution is 0.179. The van der Waals surface area contributed by atoms with Gasteiger partial charge in [0.1, 0.15) is 0 Å². The van der Waals surface area contributed by atoms with E-state index in [1.807, 2.05) is 36.4 Å². The van der Waals surface area contributed by atoms with E-state index in [9.17, 15) is 5.11 Å². The summed E-state index contributed by atoms with van der Waals surface area (Å²) in [5, 5.41) is 10.9. The SMILES string of the molecule is Nc1ccc(Br)cc1C(O)Cc1ccc(Cl)cc1. The monoisotopic (exact) mass is 325 g/mol. The minimum absolute atomic E-state index is 0.512. The van der Waals surface area contributed by atoms with Gasteiger partial charge in [-0.15, -0.1) is 0 Å². The quantitative estimate of drug-likeness (QED) is 0.839. The molecular formula is C14H13BrClNO. The summed E-state index contributed by atoms with van der Waals surface area (Å²) in [6.07, 6.45) is -0.110. The molecule has 3 N–H and O–H groups in total. The zero-order chi connectivity index (χ0) is 13.1. The van der Waals surface area contributed by atoms with Crippen LogP contribution in [0.2, 0.25) is 5.02 Å². The molecule has 0 heterocycles. The van der Waals surface area contributed by atoms with Gasteiger partial charge in [0.25, 0.3) is 0 Å². The van der Waals surface area contributed by atoms with Crippen LogP contribution in [0.15, 0.2) is 46.9 Å². The standard InChI is InChI=1S/C14H13BrClNO/c15-10-3-6-13(17)12(8-10)14(18)7-9-1-4-11(16)5-2-9/h1-6,8,14,18H,7,17H2. The number of aliphatic hydroxyl groups excluding tert-OH is 1. The fourth-order valence-electron chi connectivity index (χ4n) is 1.79. The summed E-state index contributed by atoms with van der Waals surface area (Å²) in [6, 6.07) is 12.9. The first-order chi connectivity index (χ1) is 8.56. The van der Waals surface area contributed by atoms with E-state index in [0.29, 0.717) is 17.1 Å². The Bertz CT molecular complexity index is 542. The molecule has 2 rings (SSSR count). The zero-order valence-corrected chi connectivity index (χ0v) is 11.9. The summed E-state index contributed by atoms with van der Waals surface area (Å²) in [5.74, 6) is 0. The van der Waals surface area contributed by atoms with Crippen LogP contribution in [0.25, 0.3) is 0 Å². The maximum absolute atomic E-state index is 10.2. The molecular weight excluding hydrogens is 314 g/mol. The Morgan fingerprint density at radius 3 is 2.50 bits per heavy atom. The first-order valence-electron chi connectivity index (χ1n) is 5.53. The Balaban J connectivity index is 2.18. The van der Waals surface area contributed by atoms with Crippen molar-refractivity contribution in [3.63, 3.8) is 0 Å². The second kappa shape index (κ2) is 5.74. The molecule has 2 aromatic carbocycles. The van der Waals surface area contributed by atoms with Crippen molar-refractivity contribution >= 4 is 33.2 Å². The first kappa shape index (κ1) is 13.4. The number of benzene rings is 2. The van der Waals surface area contributed by atoms with Crippen LogP contribution >= 0.6 is 27.5 Å². The van der Waals surface area contributed by atoms with Crippen LogP contribution < -0.4 is 5.73 Å². The maximum Gasteiger partial charge on any atom is 0.0850 e. The van der Waals surface area contributed by atoms with Gasteiger partial charge in [-0.2, -0.15) is 0 Å². The average Bonchev–Trinajstić information content (AvgIpc) is 2.35. The van der Waals surface area contributed by atoms with Crippen LogP contribution in [0.4, 0.5) is 5.69 Å². The molecule has 2 aromatic rings. The van der Waals surface area contributed by atoms with Crippen LogP contribution in [0.3, 0.4) is 0 Å². The van der Waals surface area contributed by atoms with Crippen LogP contribution in [-0.4, -0.2) is 5.11 Å². The van der Waals surface area contributed by atoms with Gasteiger partial charge in [0.05, 0.1) is 6.10 Å². The summed E-state index contributed by atoms with van der Waals surface area (Å²) >= 11 is 9.20. The van der Waals surface area contributed by atoms with Gasteiger partial charge in [0.15, 0.2) is 0 Å². The number of rotatable bonds is 3. The van der Waals surface area contributed by atoms with E-state index in [1.54, 1.807) is 6.07 Å². The van der Waals surface area contributed by atoms with Crippen molar-refractivity contribution in [3.8, 4) is 0 Å². The predicted octanol–water partition coefficient (Wildman–Crippen LogP) is 3.96. The fraction of sp³-hybridized carbons (Fsp3) is 0.143. The average molecular weight is 327 g/mol. The zero-order valence-electron chi connectivity index (χ0n) is 9.61. The molecule has 2 nitrogen and oxygen atoms in total. The molecule has 0 aliphatic heterocycles. The van der Waals surface area contributed by atoms with E-state index < -0.39 is 6.10 Å². The van der Waals surface area contributed by atoms with Crippen molar-refractivity contribution < 1.29 is 5.11 Å². The third-order valence-electron chi connectivity index (χ3n) is 2.75. The van der Waals surface area contributed by atoms with E-state index in [2.05, 4.69) is 15.9 Å². The first-order valence-corrected chi connectivity index (χ1v) is 6.71. The highest BCUT2D eigenvalue weighted by atomic mass is 79.9. The van der Waals surface area contributed by atoms with Crippen LogP contribution in [0.1, 0.15) is 17.2 Å². The summed E-state index contributed by atoms with van der Waals surface area (Å²) in [6.45, 7) is 0. The van der Waals surface area contributed by atoms with Gasteiger partial charge in [-0.25, -0.2) is 0 Å². The normalized spacial score (nSPS) is 12.4. The summed E-state index contributed by atoms with van der Waals surface area (Å²) in [7, 11) is 0. The lowest BCUT2D eigenvalue weighted by Crippen LogP contribution is -2.05. The number of nitrogen functional groups attached to an aromatic ring is 1. The molecule has 0 saturated heterocycles. The van der Waals surface area contributed by atoms with Gasteiger partial charge in [-0.3, -0.25) is 0 Å². The van der Waals surface area contributed by atoms with Gasteiger partial charge in [0.2, 0.25) is 0 Å². The van der Waals surface area contributed by atoms with Gasteiger partial charge < -0.3 is 10.8 Å². The highest BCUT2D eigenvalue weighted by Crippen LogP contribution is 2.27. The van der Waals surface area contributed by atoms with Crippen molar-refractivity contribution in [2.75, 3.05) is 5.73 Å². The Kier molecular flexibility index (Phi) is 4.27. The molecule has 1 atom stereocenters. The van der Waals surface area contributed by atoms with Crippen molar-refractivity contribution in [3.05, 3.63) is 63.1 Å². The molecule has 0 aromatic heterocycles. The minimum Gasteiger partial charge on any atom is -0.398 e. The number of hydrogen-bond donors (Lipinski definition) is 2. The summed E-state index contributed by atoms with van der Waals surface area (Å²) in [5.41, 5.74) is 8.22. The second-order valence-electron chi connectivity index (χ2n) is 4.12. The van der Waals surface area contributed by atoms with E-state index in [0.717, 1.165) is 15.6 Å². The highest BCUT2D eigenvalue weighted by molar-refractivity contribution is 9.10. The van der Waals surface area contributed by atoms with E-state index in [1.165, 1.54) is 0 Å². The topological polar surface area (TPSA) is 46.2 Å². The van der Waals surface area contributed by atoms with Crippen molar-refractivity contribution in [1.82, 2.24) is 0 Å². The molecule has 0 fully saturated rings. The Morgan fingerprint density at radius 1 is 1.17 bits per heavy atom. The molecule has 0 radical (unpaired) electrons. The molecule has 0 bridgehead atoms. The molecule has 94 valence electrons. The third-order valence-corrected chi connectivity index (χ3v) is 3.50. The number of nitrogens with two attached hydrogens (primary N) is 1. The van der Waals surface area contributed by atoms with E-state index in [4.69, 9.17) is 17.3 Å². The number of hydrogen-bond acceptors (Lipinski definition) is 2. The molecule has 4 heteroatoms.